The lowest BCUT2D eigenvalue weighted by molar-refractivity contribution is -0.304. The van der Waals surface area contributed by atoms with Crippen molar-refractivity contribution in [2.24, 2.45) is 0 Å². The number of carbonyl (C=O) groups excluding carboxylic acids is 1. The highest BCUT2D eigenvalue weighted by atomic mass is 32.1. The second-order valence-corrected chi connectivity index (χ2v) is 4.53. The molecule has 1 heterocycles. The van der Waals surface area contributed by atoms with Gasteiger partial charge in [0.25, 0.3) is 0 Å². The number of hydrogen-bond donors (Lipinski definition) is 1. The molecular weight excluding hydrogens is 255 g/mol. The lowest BCUT2D eigenvalue weighted by Gasteiger charge is -2.02. The van der Waals surface area contributed by atoms with E-state index in [4.69, 9.17) is 0 Å². The molecule has 0 bridgehead atoms. The standard InChI is InChI=1S/C12H11FN2O2S/c13-9-3-1-8(2-4-9)6-14-12-15-10(7-18-12)5-11(16)17/h1-4,7H,5-6H2,(H,14,15)(H,16,17)/p-1. The van der Waals surface area contributed by atoms with Gasteiger partial charge in [-0.2, -0.15) is 0 Å². The Morgan fingerprint density at radius 1 is 1.39 bits per heavy atom. The van der Waals surface area contributed by atoms with Crippen molar-refractivity contribution in [3.8, 4) is 0 Å². The van der Waals surface area contributed by atoms with Crippen molar-refractivity contribution in [3.05, 3.63) is 46.7 Å². The van der Waals surface area contributed by atoms with Gasteiger partial charge in [0.05, 0.1) is 5.69 Å². The normalized spacial score (nSPS) is 10.3. The maximum absolute atomic E-state index is 12.7. The summed E-state index contributed by atoms with van der Waals surface area (Å²) in [5.41, 5.74) is 1.40. The number of hydrogen-bond acceptors (Lipinski definition) is 5. The number of benzene rings is 1. The number of thiazole rings is 1. The second-order valence-electron chi connectivity index (χ2n) is 3.67. The quantitative estimate of drug-likeness (QED) is 0.882. The third-order valence-electron chi connectivity index (χ3n) is 2.23. The molecule has 6 heteroatoms. The molecule has 0 saturated carbocycles. The van der Waals surface area contributed by atoms with Crippen molar-refractivity contribution < 1.29 is 14.3 Å². The van der Waals surface area contributed by atoms with Crippen LogP contribution < -0.4 is 10.4 Å². The smallest absolute Gasteiger partial charge is 0.183 e. The average Bonchev–Trinajstić information content (AvgIpc) is 2.75. The fraction of sp³-hybridized carbons (Fsp3) is 0.167. The van der Waals surface area contributed by atoms with Gasteiger partial charge in [-0.25, -0.2) is 9.37 Å². The number of anilines is 1. The van der Waals surface area contributed by atoms with E-state index in [1.54, 1.807) is 17.5 Å². The van der Waals surface area contributed by atoms with E-state index in [-0.39, 0.29) is 12.2 Å². The number of aliphatic carboxylic acids is 1. The minimum absolute atomic E-state index is 0.186. The highest BCUT2D eigenvalue weighted by molar-refractivity contribution is 7.13. The van der Waals surface area contributed by atoms with Crippen LogP contribution in [0.15, 0.2) is 29.6 Å². The predicted octanol–water partition coefficient (Wildman–Crippen LogP) is 1.19. The van der Waals surface area contributed by atoms with Crippen LogP contribution in [0.3, 0.4) is 0 Å². The van der Waals surface area contributed by atoms with Gasteiger partial charge in [0, 0.05) is 24.3 Å². The number of nitrogens with one attached hydrogen (secondary N) is 1. The van der Waals surface area contributed by atoms with Crippen LogP contribution in [-0.2, 0) is 17.8 Å². The van der Waals surface area contributed by atoms with Crippen LogP contribution in [0.1, 0.15) is 11.3 Å². The topological polar surface area (TPSA) is 65.0 Å². The van der Waals surface area contributed by atoms with Gasteiger partial charge < -0.3 is 15.2 Å². The van der Waals surface area contributed by atoms with E-state index in [1.807, 2.05) is 0 Å². The van der Waals surface area contributed by atoms with Gasteiger partial charge in [0.15, 0.2) is 5.13 Å². The van der Waals surface area contributed by atoms with Crippen LogP contribution in [0.2, 0.25) is 0 Å². The molecule has 0 amide bonds. The fourth-order valence-electron chi connectivity index (χ4n) is 1.40. The molecule has 0 spiro atoms. The van der Waals surface area contributed by atoms with Crippen molar-refractivity contribution in [2.45, 2.75) is 13.0 Å². The summed E-state index contributed by atoms with van der Waals surface area (Å²) in [6.07, 6.45) is -0.186. The number of rotatable bonds is 5. The molecular formula is C12H10FN2O2S-. The Labute approximate surface area is 107 Å². The van der Waals surface area contributed by atoms with E-state index in [0.29, 0.717) is 17.4 Å². The zero-order valence-corrected chi connectivity index (χ0v) is 10.2. The van der Waals surface area contributed by atoms with E-state index in [9.17, 15) is 14.3 Å². The number of nitrogens with zero attached hydrogens (tertiary/aromatic N) is 1. The van der Waals surface area contributed by atoms with Crippen molar-refractivity contribution in [3.63, 3.8) is 0 Å². The molecule has 94 valence electrons. The second kappa shape index (κ2) is 5.59. The zero-order valence-electron chi connectivity index (χ0n) is 9.35. The minimum Gasteiger partial charge on any atom is -0.550 e. The fourth-order valence-corrected chi connectivity index (χ4v) is 2.11. The Morgan fingerprint density at radius 3 is 2.78 bits per heavy atom. The third kappa shape index (κ3) is 3.53. The van der Waals surface area contributed by atoms with Gasteiger partial charge in [-0.05, 0) is 17.7 Å². The highest BCUT2D eigenvalue weighted by Gasteiger charge is 2.02. The van der Waals surface area contributed by atoms with Crippen LogP contribution in [-0.4, -0.2) is 11.0 Å². The lowest BCUT2D eigenvalue weighted by Crippen LogP contribution is -2.24. The maximum Gasteiger partial charge on any atom is 0.183 e. The van der Waals surface area contributed by atoms with E-state index < -0.39 is 5.97 Å². The van der Waals surface area contributed by atoms with Gasteiger partial charge in [-0.1, -0.05) is 12.1 Å². The summed E-state index contributed by atoms with van der Waals surface area (Å²) in [4.78, 5) is 14.5. The van der Waals surface area contributed by atoms with Crippen LogP contribution in [0.4, 0.5) is 9.52 Å². The highest BCUT2D eigenvalue weighted by Crippen LogP contribution is 2.16. The molecule has 4 nitrogen and oxygen atoms in total. The van der Waals surface area contributed by atoms with E-state index in [2.05, 4.69) is 10.3 Å². The molecule has 18 heavy (non-hydrogen) atoms. The summed E-state index contributed by atoms with van der Waals surface area (Å²) in [6.45, 7) is 0.512. The predicted molar refractivity (Wildman–Crippen MR) is 64.6 cm³/mol. The van der Waals surface area contributed by atoms with Gasteiger partial charge in [-0.3, -0.25) is 0 Å². The number of halogens is 1. The van der Waals surface area contributed by atoms with E-state index in [1.165, 1.54) is 23.5 Å². The molecule has 0 atom stereocenters. The Morgan fingerprint density at radius 2 is 2.11 bits per heavy atom. The molecule has 1 aromatic carbocycles. The van der Waals surface area contributed by atoms with Gasteiger partial charge in [0.2, 0.25) is 0 Å². The first-order valence-electron chi connectivity index (χ1n) is 5.26. The first-order valence-corrected chi connectivity index (χ1v) is 6.14. The molecule has 1 N–H and O–H groups in total. The molecule has 0 aliphatic rings. The van der Waals surface area contributed by atoms with Crippen LogP contribution in [0.5, 0.6) is 0 Å². The van der Waals surface area contributed by atoms with Crippen LogP contribution in [0.25, 0.3) is 0 Å². The number of carbonyl (C=O) groups is 1. The summed E-state index contributed by atoms with van der Waals surface area (Å²) in [6, 6.07) is 6.14. The zero-order chi connectivity index (χ0) is 13.0. The first kappa shape index (κ1) is 12.5. The summed E-state index contributed by atoms with van der Waals surface area (Å²) in [5.74, 6) is -1.42. The largest absolute Gasteiger partial charge is 0.550 e. The molecule has 1 aromatic heterocycles. The lowest BCUT2D eigenvalue weighted by atomic mass is 10.2. The van der Waals surface area contributed by atoms with Crippen LogP contribution >= 0.6 is 11.3 Å². The van der Waals surface area contributed by atoms with Gasteiger partial charge in [0.1, 0.15) is 5.82 Å². The van der Waals surface area contributed by atoms with Crippen molar-refractivity contribution >= 4 is 22.4 Å². The van der Waals surface area contributed by atoms with Gasteiger partial charge in [-0.15, -0.1) is 11.3 Å². The Hall–Kier alpha value is -1.95. The average molecular weight is 265 g/mol. The van der Waals surface area contributed by atoms with E-state index in [0.717, 1.165) is 5.56 Å². The Bertz CT molecular complexity index is 539. The van der Waals surface area contributed by atoms with Crippen LogP contribution in [0, 0.1) is 5.82 Å². The summed E-state index contributed by atoms with van der Waals surface area (Å²) < 4.78 is 12.7. The van der Waals surface area contributed by atoms with Gasteiger partial charge >= 0.3 is 0 Å². The Balaban J connectivity index is 1.92. The Kier molecular flexibility index (Phi) is 3.88. The molecule has 0 aliphatic heterocycles. The number of carboxylic acid groups (broad SMARTS) is 1. The summed E-state index contributed by atoms with van der Waals surface area (Å²) >= 11 is 1.33. The van der Waals surface area contributed by atoms with Crippen molar-refractivity contribution in [2.75, 3.05) is 5.32 Å². The summed E-state index contributed by atoms with van der Waals surface area (Å²) in [7, 11) is 0. The number of carboxylic acids is 1. The number of aromatic nitrogens is 1. The molecule has 0 aliphatic carbocycles. The summed E-state index contributed by atoms with van der Waals surface area (Å²) in [5, 5.41) is 15.7. The first-order chi connectivity index (χ1) is 8.63. The molecule has 0 saturated heterocycles. The molecule has 2 rings (SSSR count). The molecule has 0 radical (unpaired) electrons. The third-order valence-corrected chi connectivity index (χ3v) is 3.08. The SMILES string of the molecule is O=C([O-])Cc1csc(NCc2ccc(F)cc2)n1. The van der Waals surface area contributed by atoms with Crippen molar-refractivity contribution in [1.82, 2.24) is 4.98 Å². The van der Waals surface area contributed by atoms with E-state index >= 15 is 0 Å². The molecule has 0 unspecified atom stereocenters. The van der Waals surface area contributed by atoms with Crippen molar-refractivity contribution in [1.29, 1.82) is 0 Å². The molecule has 0 fully saturated rings. The monoisotopic (exact) mass is 265 g/mol. The minimum atomic E-state index is -1.15. The maximum atomic E-state index is 12.7. The molecule has 2 aromatic rings.